The van der Waals surface area contributed by atoms with Gasteiger partial charge in [-0.3, -0.25) is 4.79 Å². The molecule has 1 saturated heterocycles. The molecule has 2 atom stereocenters. The van der Waals surface area contributed by atoms with E-state index in [0.29, 0.717) is 24.6 Å². The molecule has 1 aromatic carbocycles. The number of hydrogen-bond acceptors (Lipinski definition) is 6. The molecule has 1 amide bonds. The fourth-order valence-corrected chi connectivity index (χ4v) is 2.61. The second kappa shape index (κ2) is 8.77. The minimum atomic E-state index is -0.0415. The summed E-state index contributed by atoms with van der Waals surface area (Å²) in [7, 11) is 1.65. The second-order valence-electron chi connectivity index (χ2n) is 5.48. The van der Waals surface area contributed by atoms with Crippen molar-refractivity contribution in [3.63, 3.8) is 0 Å². The van der Waals surface area contributed by atoms with Crippen LogP contribution in [0.4, 0.5) is 0 Å². The Labute approximate surface area is 146 Å². The van der Waals surface area contributed by atoms with Crippen LogP contribution in [0, 0.1) is 0 Å². The lowest BCUT2D eigenvalue weighted by Gasteiger charge is -2.18. The molecule has 130 valence electrons. The van der Waals surface area contributed by atoms with Crippen molar-refractivity contribution in [3.8, 4) is 11.4 Å². The highest BCUT2D eigenvalue weighted by molar-refractivity contribution is 5.85. The number of aromatic nitrogens is 2. The Morgan fingerprint density at radius 2 is 2.17 bits per heavy atom. The molecule has 2 aromatic rings. The number of carbonyl (C=O) groups is 1. The number of amides is 1. The molecule has 1 fully saturated rings. The van der Waals surface area contributed by atoms with Crippen LogP contribution >= 0.6 is 12.4 Å². The van der Waals surface area contributed by atoms with Gasteiger partial charge in [0.25, 0.3) is 0 Å². The molecule has 0 bridgehead atoms. The van der Waals surface area contributed by atoms with Gasteiger partial charge in [-0.1, -0.05) is 35.5 Å². The van der Waals surface area contributed by atoms with Crippen molar-refractivity contribution in [3.05, 3.63) is 36.2 Å². The van der Waals surface area contributed by atoms with Gasteiger partial charge in [0.1, 0.15) is 0 Å². The number of ether oxygens (including phenoxy) is 1. The van der Waals surface area contributed by atoms with Crippen LogP contribution in [0.5, 0.6) is 0 Å². The lowest BCUT2D eigenvalue weighted by Crippen LogP contribution is -2.43. The zero-order valence-corrected chi connectivity index (χ0v) is 14.2. The Balaban J connectivity index is 0.00000208. The Bertz CT molecular complexity index is 650. The van der Waals surface area contributed by atoms with E-state index in [1.54, 1.807) is 7.11 Å². The first-order valence-corrected chi connectivity index (χ1v) is 7.67. The lowest BCUT2D eigenvalue weighted by atomic mass is 10.2. The summed E-state index contributed by atoms with van der Waals surface area (Å²) in [4.78, 5) is 16.3. The molecule has 0 saturated carbocycles. The number of methoxy groups -OCH3 is 1. The predicted octanol–water partition coefficient (Wildman–Crippen LogP) is 1.19. The Hall–Kier alpha value is -1.96. The highest BCUT2D eigenvalue weighted by Gasteiger charge is 2.28. The molecular weight excluding hydrogens is 332 g/mol. The summed E-state index contributed by atoms with van der Waals surface area (Å²) in [5.41, 5.74) is 0.895. The Morgan fingerprint density at radius 3 is 2.92 bits per heavy atom. The van der Waals surface area contributed by atoms with Gasteiger partial charge < -0.3 is 19.9 Å². The van der Waals surface area contributed by atoms with Crippen LogP contribution in [0.3, 0.4) is 0 Å². The van der Waals surface area contributed by atoms with Gasteiger partial charge in [0.2, 0.25) is 17.6 Å². The summed E-state index contributed by atoms with van der Waals surface area (Å²) in [6, 6.07) is 9.61. The van der Waals surface area contributed by atoms with E-state index >= 15 is 0 Å². The molecule has 2 heterocycles. The van der Waals surface area contributed by atoms with Crippen molar-refractivity contribution in [1.82, 2.24) is 20.8 Å². The molecule has 8 heteroatoms. The summed E-state index contributed by atoms with van der Waals surface area (Å²) in [6.07, 6.45) is 0.749. The lowest BCUT2D eigenvalue weighted by molar-refractivity contribution is -0.122. The van der Waals surface area contributed by atoms with Gasteiger partial charge in [-0.2, -0.15) is 4.98 Å². The van der Waals surface area contributed by atoms with Crippen molar-refractivity contribution in [2.45, 2.75) is 25.0 Å². The predicted molar refractivity (Wildman–Crippen MR) is 90.9 cm³/mol. The van der Waals surface area contributed by atoms with Crippen LogP contribution in [0.2, 0.25) is 0 Å². The fraction of sp³-hybridized carbons (Fsp3) is 0.438. The molecule has 1 aromatic heterocycles. The monoisotopic (exact) mass is 352 g/mol. The molecule has 0 unspecified atom stereocenters. The maximum atomic E-state index is 12.0. The first-order valence-electron chi connectivity index (χ1n) is 7.67. The van der Waals surface area contributed by atoms with Gasteiger partial charge in [0, 0.05) is 38.6 Å². The first-order chi connectivity index (χ1) is 11.3. The minimum Gasteiger partial charge on any atom is -0.378 e. The third-order valence-corrected chi connectivity index (χ3v) is 3.87. The van der Waals surface area contributed by atoms with E-state index in [1.165, 1.54) is 0 Å². The number of halogens is 1. The summed E-state index contributed by atoms with van der Waals surface area (Å²) in [5.74, 6) is 0.965. The van der Waals surface area contributed by atoms with E-state index in [1.807, 2.05) is 30.3 Å². The Morgan fingerprint density at radius 1 is 1.38 bits per heavy atom. The molecule has 24 heavy (non-hydrogen) atoms. The quantitative estimate of drug-likeness (QED) is 0.812. The number of carbonyl (C=O) groups excluding carboxylic acids is 1. The van der Waals surface area contributed by atoms with Gasteiger partial charge in [0.15, 0.2) is 0 Å². The van der Waals surface area contributed by atoms with E-state index in [9.17, 15) is 4.79 Å². The van der Waals surface area contributed by atoms with Crippen molar-refractivity contribution in [1.29, 1.82) is 0 Å². The molecule has 1 aliphatic rings. The van der Waals surface area contributed by atoms with Crippen molar-refractivity contribution in [2.75, 3.05) is 20.2 Å². The summed E-state index contributed by atoms with van der Waals surface area (Å²) >= 11 is 0. The first kappa shape index (κ1) is 18.4. The average molecular weight is 353 g/mol. The highest BCUT2D eigenvalue weighted by atomic mass is 35.5. The molecule has 1 aliphatic heterocycles. The smallest absolute Gasteiger partial charge is 0.227 e. The van der Waals surface area contributed by atoms with E-state index in [4.69, 9.17) is 9.26 Å². The molecule has 7 nitrogen and oxygen atoms in total. The molecule has 2 N–H and O–H groups in total. The maximum absolute atomic E-state index is 12.0. The van der Waals surface area contributed by atoms with Gasteiger partial charge in [-0.05, 0) is 0 Å². The normalized spacial score (nSPS) is 19.7. The largest absolute Gasteiger partial charge is 0.378 e. The number of aryl methyl sites for hydroxylation is 1. The van der Waals surface area contributed by atoms with Crippen molar-refractivity contribution < 1.29 is 14.1 Å². The number of nitrogens with one attached hydrogen (secondary N) is 2. The van der Waals surface area contributed by atoms with Crippen LogP contribution in [-0.4, -0.2) is 48.4 Å². The third kappa shape index (κ3) is 4.53. The van der Waals surface area contributed by atoms with Crippen LogP contribution in [0.25, 0.3) is 11.4 Å². The topological polar surface area (TPSA) is 89.3 Å². The van der Waals surface area contributed by atoms with Crippen LogP contribution < -0.4 is 10.6 Å². The molecule has 0 aliphatic carbocycles. The van der Waals surface area contributed by atoms with Crippen molar-refractivity contribution >= 4 is 18.3 Å². The number of hydrogen-bond donors (Lipinski definition) is 2. The van der Waals surface area contributed by atoms with Gasteiger partial charge in [0.05, 0.1) is 12.1 Å². The fourth-order valence-electron chi connectivity index (χ4n) is 2.61. The van der Waals surface area contributed by atoms with Crippen molar-refractivity contribution in [2.24, 2.45) is 0 Å². The van der Waals surface area contributed by atoms with E-state index in [-0.39, 0.29) is 30.5 Å². The second-order valence-corrected chi connectivity index (χ2v) is 5.48. The summed E-state index contributed by atoms with van der Waals surface area (Å²) < 4.78 is 10.5. The van der Waals surface area contributed by atoms with Crippen LogP contribution in [-0.2, 0) is 16.0 Å². The SMILES string of the molecule is CO[C@H]1CNC[C@@H]1NC(=O)CCc1nc(-c2ccccc2)no1.Cl. The number of rotatable bonds is 6. The summed E-state index contributed by atoms with van der Waals surface area (Å²) in [6.45, 7) is 1.48. The zero-order chi connectivity index (χ0) is 16.1. The highest BCUT2D eigenvalue weighted by Crippen LogP contribution is 2.15. The van der Waals surface area contributed by atoms with Crippen LogP contribution in [0.15, 0.2) is 34.9 Å². The van der Waals surface area contributed by atoms with Crippen LogP contribution in [0.1, 0.15) is 12.3 Å². The van der Waals surface area contributed by atoms with Gasteiger partial charge in [-0.25, -0.2) is 0 Å². The van der Waals surface area contributed by atoms with E-state index < -0.39 is 0 Å². The van der Waals surface area contributed by atoms with Gasteiger partial charge in [-0.15, -0.1) is 12.4 Å². The van der Waals surface area contributed by atoms with E-state index in [2.05, 4.69) is 20.8 Å². The summed E-state index contributed by atoms with van der Waals surface area (Å²) in [5, 5.41) is 10.1. The van der Waals surface area contributed by atoms with E-state index in [0.717, 1.165) is 18.7 Å². The molecule has 0 radical (unpaired) electrons. The molecule has 0 spiro atoms. The minimum absolute atomic E-state index is 0. The maximum Gasteiger partial charge on any atom is 0.227 e. The average Bonchev–Trinajstić information content (AvgIpc) is 3.23. The number of benzene rings is 1. The number of nitrogens with zero attached hydrogens (tertiary/aromatic N) is 2. The van der Waals surface area contributed by atoms with Gasteiger partial charge >= 0.3 is 0 Å². The standard InChI is InChI=1S/C16H20N4O3.ClH/c1-22-13-10-17-9-12(13)18-14(21)7-8-15-19-16(20-23-15)11-5-3-2-4-6-11;/h2-6,12-13,17H,7-10H2,1H3,(H,18,21);1H/t12-,13-;/m0./s1. The zero-order valence-electron chi connectivity index (χ0n) is 13.4. The Kier molecular flexibility index (Phi) is 6.72. The molecular formula is C16H21ClN4O3. The third-order valence-electron chi connectivity index (χ3n) is 3.87. The molecule has 3 rings (SSSR count).